The zero-order valence-electron chi connectivity index (χ0n) is 11.7. The molecule has 0 aliphatic carbocycles. The first-order chi connectivity index (χ1) is 8.23. The number of hydrogen-bond donors (Lipinski definition) is 2. The van der Waals surface area contributed by atoms with E-state index in [0.29, 0.717) is 25.9 Å². The normalized spacial score (nSPS) is 24.1. The van der Waals surface area contributed by atoms with Crippen molar-refractivity contribution in [2.75, 3.05) is 13.1 Å². The average Bonchev–Trinajstić information content (AvgIpc) is 2.69. The van der Waals surface area contributed by atoms with E-state index in [4.69, 9.17) is 0 Å². The Morgan fingerprint density at radius 3 is 2.44 bits per heavy atom. The summed E-state index contributed by atoms with van der Waals surface area (Å²) in [6, 6.07) is -0.258. The molecule has 1 unspecified atom stereocenters. The molecule has 0 radical (unpaired) electrons. The molecule has 1 atom stereocenters. The van der Waals surface area contributed by atoms with Crippen LogP contribution in [0.25, 0.3) is 0 Å². The second-order valence-corrected chi connectivity index (χ2v) is 6.16. The first-order valence-electron chi connectivity index (χ1n) is 6.52. The first kappa shape index (κ1) is 14.8. The minimum Gasteiger partial charge on any atom is -0.479 e. The molecule has 0 aromatic carbocycles. The molecule has 18 heavy (non-hydrogen) atoms. The topological polar surface area (TPSA) is 69.6 Å². The van der Waals surface area contributed by atoms with Gasteiger partial charge in [-0.25, -0.2) is 9.59 Å². The van der Waals surface area contributed by atoms with Crippen molar-refractivity contribution in [3.05, 3.63) is 0 Å². The third-order valence-corrected chi connectivity index (χ3v) is 3.49. The smallest absolute Gasteiger partial charge is 0.329 e. The summed E-state index contributed by atoms with van der Waals surface area (Å²) in [5.41, 5.74) is -1.02. The highest BCUT2D eigenvalue weighted by Crippen LogP contribution is 2.32. The second-order valence-electron chi connectivity index (χ2n) is 6.16. The monoisotopic (exact) mass is 256 g/mol. The Morgan fingerprint density at radius 1 is 1.39 bits per heavy atom. The molecule has 1 rings (SSSR count). The molecule has 0 aromatic heterocycles. The van der Waals surface area contributed by atoms with Gasteiger partial charge >= 0.3 is 12.0 Å². The number of nitrogens with zero attached hydrogens (tertiary/aromatic N) is 1. The molecule has 1 aliphatic rings. The van der Waals surface area contributed by atoms with Crippen molar-refractivity contribution in [1.29, 1.82) is 0 Å². The van der Waals surface area contributed by atoms with E-state index in [9.17, 15) is 14.7 Å². The molecule has 1 fully saturated rings. The second kappa shape index (κ2) is 5.16. The molecule has 2 N–H and O–H groups in total. The summed E-state index contributed by atoms with van der Waals surface area (Å²) in [4.78, 5) is 25.1. The van der Waals surface area contributed by atoms with Crippen LogP contribution in [0.2, 0.25) is 0 Å². The Labute approximate surface area is 109 Å². The number of carbonyl (C=O) groups is 2. The van der Waals surface area contributed by atoms with Gasteiger partial charge in [-0.15, -0.1) is 0 Å². The van der Waals surface area contributed by atoms with Crippen molar-refractivity contribution in [1.82, 2.24) is 10.2 Å². The van der Waals surface area contributed by atoms with Gasteiger partial charge < -0.3 is 15.3 Å². The highest BCUT2D eigenvalue weighted by Gasteiger charge is 2.48. The number of aliphatic carboxylic acids is 1. The van der Waals surface area contributed by atoms with Gasteiger partial charge in [0.1, 0.15) is 5.54 Å². The van der Waals surface area contributed by atoms with Crippen molar-refractivity contribution in [2.45, 2.75) is 52.5 Å². The van der Waals surface area contributed by atoms with E-state index in [2.05, 4.69) is 5.32 Å². The van der Waals surface area contributed by atoms with E-state index >= 15 is 0 Å². The molecule has 1 aliphatic heterocycles. The molecule has 1 heterocycles. The van der Waals surface area contributed by atoms with Crippen LogP contribution in [0.3, 0.4) is 0 Å². The fourth-order valence-corrected chi connectivity index (χ4v) is 2.35. The zero-order valence-corrected chi connectivity index (χ0v) is 11.7. The van der Waals surface area contributed by atoms with Crippen LogP contribution in [0, 0.1) is 5.41 Å². The van der Waals surface area contributed by atoms with Crippen LogP contribution in [0.5, 0.6) is 0 Å². The van der Waals surface area contributed by atoms with E-state index in [1.807, 2.05) is 27.7 Å². The fraction of sp³-hybridized carbons (Fsp3) is 0.846. The molecule has 1 saturated heterocycles. The lowest BCUT2D eigenvalue weighted by Crippen LogP contribution is -2.56. The highest BCUT2D eigenvalue weighted by atomic mass is 16.4. The van der Waals surface area contributed by atoms with Gasteiger partial charge in [0.05, 0.1) is 0 Å². The standard InChI is InChI=1S/C13H24N2O3/c1-5-13(10(16)17)7-6-8-15(13)11(18)14-9-12(2,3)4/h5-9H2,1-4H3,(H,14,18)(H,16,17). The summed E-state index contributed by atoms with van der Waals surface area (Å²) in [7, 11) is 0. The summed E-state index contributed by atoms with van der Waals surface area (Å²) in [5.74, 6) is -0.895. The molecule has 0 aromatic rings. The maximum atomic E-state index is 12.1. The van der Waals surface area contributed by atoms with E-state index in [-0.39, 0.29) is 11.4 Å². The number of rotatable bonds is 3. The number of carbonyl (C=O) groups excluding carboxylic acids is 1. The minimum absolute atomic E-state index is 0.00647. The number of amides is 2. The molecule has 0 saturated carbocycles. The summed E-state index contributed by atoms with van der Waals surface area (Å²) < 4.78 is 0. The number of hydrogen-bond acceptors (Lipinski definition) is 2. The van der Waals surface area contributed by atoms with Gasteiger partial charge in [-0.05, 0) is 24.7 Å². The molecule has 5 heteroatoms. The van der Waals surface area contributed by atoms with Crippen molar-refractivity contribution in [3.63, 3.8) is 0 Å². The Morgan fingerprint density at radius 2 is 2.00 bits per heavy atom. The predicted molar refractivity (Wildman–Crippen MR) is 69.5 cm³/mol. The summed E-state index contributed by atoms with van der Waals surface area (Å²) in [6.07, 6.45) is 1.75. The molecular weight excluding hydrogens is 232 g/mol. The maximum Gasteiger partial charge on any atom is 0.329 e. The Balaban J connectivity index is 2.75. The number of nitrogens with one attached hydrogen (secondary N) is 1. The largest absolute Gasteiger partial charge is 0.479 e. The number of likely N-dealkylation sites (tertiary alicyclic amines) is 1. The number of carboxylic acids is 1. The van der Waals surface area contributed by atoms with Gasteiger partial charge in [0.25, 0.3) is 0 Å². The average molecular weight is 256 g/mol. The Hall–Kier alpha value is -1.26. The maximum absolute atomic E-state index is 12.1. The molecule has 0 spiro atoms. The number of urea groups is 1. The molecule has 2 amide bonds. The van der Waals surface area contributed by atoms with Crippen LogP contribution in [0.15, 0.2) is 0 Å². The van der Waals surface area contributed by atoms with Gasteiger partial charge in [0, 0.05) is 13.1 Å². The zero-order chi connectivity index (χ0) is 14.0. The van der Waals surface area contributed by atoms with E-state index in [0.717, 1.165) is 6.42 Å². The van der Waals surface area contributed by atoms with Gasteiger partial charge in [-0.1, -0.05) is 27.7 Å². The molecule has 0 bridgehead atoms. The van der Waals surface area contributed by atoms with Crippen LogP contribution in [-0.2, 0) is 4.79 Å². The van der Waals surface area contributed by atoms with Gasteiger partial charge in [-0.3, -0.25) is 0 Å². The Kier molecular flexibility index (Phi) is 4.24. The lowest BCUT2D eigenvalue weighted by molar-refractivity contribution is -0.148. The first-order valence-corrected chi connectivity index (χ1v) is 6.52. The van der Waals surface area contributed by atoms with Crippen molar-refractivity contribution >= 4 is 12.0 Å². The van der Waals surface area contributed by atoms with Gasteiger partial charge in [0.2, 0.25) is 0 Å². The van der Waals surface area contributed by atoms with Crippen LogP contribution >= 0.6 is 0 Å². The van der Waals surface area contributed by atoms with E-state index in [1.165, 1.54) is 4.90 Å². The molecule has 5 nitrogen and oxygen atoms in total. The van der Waals surface area contributed by atoms with Crippen molar-refractivity contribution in [3.8, 4) is 0 Å². The summed E-state index contributed by atoms with van der Waals surface area (Å²) in [6.45, 7) is 8.98. The fourth-order valence-electron chi connectivity index (χ4n) is 2.35. The SMILES string of the molecule is CCC1(C(=O)O)CCCN1C(=O)NCC(C)(C)C. The Bertz CT molecular complexity index is 336. The van der Waals surface area contributed by atoms with Gasteiger partial charge in [0.15, 0.2) is 0 Å². The third kappa shape index (κ3) is 2.94. The van der Waals surface area contributed by atoms with Gasteiger partial charge in [-0.2, -0.15) is 0 Å². The lowest BCUT2D eigenvalue weighted by Gasteiger charge is -2.34. The number of carboxylic acid groups (broad SMARTS) is 1. The van der Waals surface area contributed by atoms with Crippen molar-refractivity contribution in [2.24, 2.45) is 5.41 Å². The van der Waals surface area contributed by atoms with Crippen LogP contribution in [-0.4, -0.2) is 40.6 Å². The predicted octanol–water partition coefficient (Wildman–Crippen LogP) is 2.07. The molecule has 104 valence electrons. The highest BCUT2D eigenvalue weighted by molar-refractivity contribution is 5.87. The molecular formula is C13H24N2O3. The quantitative estimate of drug-likeness (QED) is 0.812. The van der Waals surface area contributed by atoms with Crippen LogP contribution < -0.4 is 5.32 Å². The van der Waals surface area contributed by atoms with E-state index in [1.54, 1.807) is 0 Å². The lowest BCUT2D eigenvalue weighted by atomic mass is 9.93. The van der Waals surface area contributed by atoms with E-state index < -0.39 is 11.5 Å². The minimum atomic E-state index is -1.01. The third-order valence-electron chi connectivity index (χ3n) is 3.49. The summed E-state index contributed by atoms with van der Waals surface area (Å²) >= 11 is 0. The summed E-state index contributed by atoms with van der Waals surface area (Å²) in [5, 5.41) is 12.2. The van der Waals surface area contributed by atoms with Crippen LogP contribution in [0.4, 0.5) is 4.79 Å². The van der Waals surface area contributed by atoms with Crippen molar-refractivity contribution < 1.29 is 14.7 Å². The van der Waals surface area contributed by atoms with Crippen LogP contribution in [0.1, 0.15) is 47.0 Å².